The monoisotopic (exact) mass is 434 g/mol. The van der Waals surface area contributed by atoms with Gasteiger partial charge in [0.25, 0.3) is 0 Å². The third-order valence-corrected chi connectivity index (χ3v) is 5.06. The summed E-state index contributed by atoms with van der Waals surface area (Å²) in [6, 6.07) is 19.0. The molecule has 1 aliphatic heterocycles. The van der Waals surface area contributed by atoms with Crippen LogP contribution in [-0.4, -0.2) is 43.4 Å². The van der Waals surface area contributed by atoms with E-state index in [0.29, 0.717) is 19.6 Å². The van der Waals surface area contributed by atoms with Crippen LogP contribution in [0.1, 0.15) is 30.9 Å². The summed E-state index contributed by atoms with van der Waals surface area (Å²) < 4.78 is 51.1. The average Bonchev–Trinajstić information content (AvgIpc) is 2.79. The first-order valence-electron chi connectivity index (χ1n) is 10.5. The van der Waals surface area contributed by atoms with Crippen molar-refractivity contribution >= 4 is 5.97 Å². The summed E-state index contributed by atoms with van der Waals surface area (Å²) in [5, 5.41) is 0. The maximum Gasteiger partial charge on any atom is 0.379 e. The van der Waals surface area contributed by atoms with Gasteiger partial charge in [-0.05, 0) is 18.1 Å². The third kappa shape index (κ3) is 6.82. The number of halogens is 2. The molecule has 1 aliphatic rings. The molecule has 31 heavy (non-hydrogen) atoms. The highest BCUT2D eigenvalue weighted by molar-refractivity contribution is 5.78. The van der Waals surface area contributed by atoms with Crippen molar-refractivity contribution in [2.45, 2.75) is 57.2 Å². The fraction of sp³-hybridized carbons (Fsp3) is 0.458. The van der Waals surface area contributed by atoms with Crippen molar-refractivity contribution in [3.05, 3.63) is 71.8 Å². The van der Waals surface area contributed by atoms with Crippen molar-refractivity contribution in [1.29, 1.82) is 0 Å². The minimum atomic E-state index is -3.76. The van der Waals surface area contributed by atoms with Crippen LogP contribution in [-0.2, 0) is 37.0 Å². The highest BCUT2D eigenvalue weighted by Gasteiger charge is 2.53. The Morgan fingerprint density at radius 1 is 1.00 bits per heavy atom. The van der Waals surface area contributed by atoms with E-state index in [1.807, 2.05) is 60.7 Å². The van der Waals surface area contributed by atoms with E-state index in [0.717, 1.165) is 11.1 Å². The summed E-state index contributed by atoms with van der Waals surface area (Å²) in [7, 11) is 0. The highest BCUT2D eigenvalue weighted by Crippen LogP contribution is 2.34. The SMILES string of the molecule is CCOC(=O)C(F)(F)C1CC(OCc2ccccc2)CC(COCc2ccccc2)O1. The van der Waals surface area contributed by atoms with Crippen molar-refractivity contribution in [2.75, 3.05) is 13.2 Å². The van der Waals surface area contributed by atoms with Gasteiger partial charge in [-0.1, -0.05) is 60.7 Å². The predicted octanol–water partition coefficient (Wildman–Crippen LogP) is 4.53. The van der Waals surface area contributed by atoms with E-state index < -0.39 is 30.2 Å². The van der Waals surface area contributed by atoms with Crippen molar-refractivity contribution in [3.63, 3.8) is 0 Å². The van der Waals surface area contributed by atoms with E-state index in [1.165, 1.54) is 6.92 Å². The molecule has 1 heterocycles. The molecular formula is C24H28F2O5. The highest BCUT2D eigenvalue weighted by atomic mass is 19.3. The second kappa shape index (κ2) is 11.3. The van der Waals surface area contributed by atoms with Crippen LogP contribution in [0.3, 0.4) is 0 Å². The molecule has 1 saturated heterocycles. The Labute approximate surface area is 181 Å². The van der Waals surface area contributed by atoms with Crippen LogP contribution >= 0.6 is 0 Å². The molecule has 1 fully saturated rings. The average molecular weight is 434 g/mol. The molecule has 2 aromatic carbocycles. The summed E-state index contributed by atoms with van der Waals surface area (Å²) in [6.07, 6.45) is -2.45. The lowest BCUT2D eigenvalue weighted by atomic mass is 9.97. The number of carbonyl (C=O) groups is 1. The van der Waals surface area contributed by atoms with Gasteiger partial charge in [0.05, 0.1) is 38.6 Å². The zero-order valence-corrected chi connectivity index (χ0v) is 17.5. The standard InChI is InChI=1S/C24H28F2O5/c1-2-29-23(27)24(25,26)22-14-20(30-16-19-11-7-4-8-12-19)13-21(31-22)17-28-15-18-9-5-3-6-10-18/h3-12,20-22H,2,13-17H2,1H3. The molecular weight excluding hydrogens is 406 g/mol. The molecule has 3 atom stereocenters. The molecule has 0 aromatic heterocycles. The van der Waals surface area contributed by atoms with Crippen molar-refractivity contribution < 1.29 is 32.5 Å². The Bertz CT molecular complexity index is 800. The van der Waals surface area contributed by atoms with Gasteiger partial charge in [0.2, 0.25) is 0 Å². The molecule has 0 bridgehead atoms. The molecule has 0 spiro atoms. The molecule has 168 valence electrons. The summed E-state index contributed by atoms with van der Waals surface area (Å²) in [4.78, 5) is 11.8. The van der Waals surface area contributed by atoms with Crippen molar-refractivity contribution in [3.8, 4) is 0 Å². The fourth-order valence-electron chi connectivity index (χ4n) is 3.48. The van der Waals surface area contributed by atoms with Gasteiger partial charge in [-0.3, -0.25) is 0 Å². The third-order valence-electron chi connectivity index (χ3n) is 5.06. The summed E-state index contributed by atoms with van der Waals surface area (Å²) in [6.45, 7) is 2.12. The van der Waals surface area contributed by atoms with E-state index in [2.05, 4.69) is 4.74 Å². The minimum Gasteiger partial charge on any atom is -0.461 e. The quantitative estimate of drug-likeness (QED) is 0.514. The lowest BCUT2D eigenvalue weighted by molar-refractivity contribution is -0.227. The van der Waals surface area contributed by atoms with Crippen LogP contribution in [0.2, 0.25) is 0 Å². The normalized spacial score (nSPS) is 21.6. The van der Waals surface area contributed by atoms with Gasteiger partial charge in [0.15, 0.2) is 0 Å². The number of esters is 1. The van der Waals surface area contributed by atoms with Crippen LogP contribution in [0, 0.1) is 0 Å². The van der Waals surface area contributed by atoms with Crippen LogP contribution in [0.5, 0.6) is 0 Å². The zero-order valence-electron chi connectivity index (χ0n) is 17.5. The maximum atomic E-state index is 14.7. The van der Waals surface area contributed by atoms with Gasteiger partial charge in [-0.15, -0.1) is 0 Å². The molecule has 0 saturated carbocycles. The Morgan fingerprint density at radius 2 is 1.61 bits per heavy atom. The van der Waals surface area contributed by atoms with E-state index >= 15 is 0 Å². The molecule has 0 aliphatic carbocycles. The largest absolute Gasteiger partial charge is 0.461 e. The van der Waals surface area contributed by atoms with E-state index in [9.17, 15) is 13.6 Å². The summed E-state index contributed by atoms with van der Waals surface area (Å²) >= 11 is 0. The summed E-state index contributed by atoms with van der Waals surface area (Å²) in [5.41, 5.74) is 1.92. The first-order chi connectivity index (χ1) is 15.0. The second-order valence-electron chi connectivity index (χ2n) is 7.48. The smallest absolute Gasteiger partial charge is 0.379 e. The number of benzene rings is 2. The van der Waals surface area contributed by atoms with Crippen LogP contribution in [0.4, 0.5) is 8.78 Å². The number of alkyl halides is 2. The van der Waals surface area contributed by atoms with Gasteiger partial charge >= 0.3 is 11.9 Å². The van der Waals surface area contributed by atoms with Gasteiger partial charge in [0.1, 0.15) is 6.10 Å². The molecule has 0 N–H and O–H groups in total. The van der Waals surface area contributed by atoms with Gasteiger partial charge in [-0.2, -0.15) is 8.78 Å². The first-order valence-corrected chi connectivity index (χ1v) is 10.5. The number of hydrogen-bond acceptors (Lipinski definition) is 5. The molecule has 5 nitrogen and oxygen atoms in total. The topological polar surface area (TPSA) is 54.0 Å². The lowest BCUT2D eigenvalue weighted by Crippen LogP contribution is -2.51. The maximum absolute atomic E-state index is 14.7. The van der Waals surface area contributed by atoms with Gasteiger partial charge in [-0.25, -0.2) is 4.79 Å². The van der Waals surface area contributed by atoms with E-state index in [4.69, 9.17) is 14.2 Å². The predicted molar refractivity (Wildman–Crippen MR) is 111 cm³/mol. The van der Waals surface area contributed by atoms with E-state index in [1.54, 1.807) is 0 Å². The molecule has 0 radical (unpaired) electrons. The summed E-state index contributed by atoms with van der Waals surface area (Å²) in [5.74, 6) is -5.34. The minimum absolute atomic E-state index is 0.103. The number of hydrogen-bond donors (Lipinski definition) is 0. The van der Waals surface area contributed by atoms with Crippen LogP contribution in [0.15, 0.2) is 60.7 Å². The Balaban J connectivity index is 1.63. The Hall–Kier alpha value is -2.35. The van der Waals surface area contributed by atoms with Crippen LogP contribution < -0.4 is 0 Å². The van der Waals surface area contributed by atoms with Crippen LogP contribution in [0.25, 0.3) is 0 Å². The van der Waals surface area contributed by atoms with E-state index in [-0.39, 0.29) is 19.6 Å². The molecule has 3 rings (SSSR count). The number of ether oxygens (including phenoxy) is 4. The Morgan fingerprint density at radius 3 is 2.23 bits per heavy atom. The van der Waals surface area contributed by atoms with Gasteiger partial charge in [0, 0.05) is 12.8 Å². The molecule has 3 unspecified atom stereocenters. The van der Waals surface area contributed by atoms with Gasteiger partial charge < -0.3 is 18.9 Å². The zero-order chi connectivity index (χ0) is 22.1. The Kier molecular flexibility index (Phi) is 8.51. The lowest BCUT2D eigenvalue weighted by Gasteiger charge is -2.37. The fourth-order valence-corrected chi connectivity index (χ4v) is 3.48. The van der Waals surface area contributed by atoms with Crippen molar-refractivity contribution in [1.82, 2.24) is 0 Å². The molecule has 2 aromatic rings. The molecule has 7 heteroatoms. The first kappa shape index (κ1) is 23.3. The number of rotatable bonds is 10. The van der Waals surface area contributed by atoms with Crippen molar-refractivity contribution in [2.24, 2.45) is 0 Å². The second-order valence-corrected chi connectivity index (χ2v) is 7.48. The molecule has 0 amide bonds. The number of carbonyl (C=O) groups excluding carboxylic acids is 1.